The molecule has 0 saturated carbocycles. The molecule has 11 nitrogen and oxygen atoms in total. The lowest BCUT2D eigenvalue weighted by Crippen LogP contribution is -2.55. The van der Waals surface area contributed by atoms with Crippen molar-refractivity contribution in [2.24, 2.45) is 11.8 Å². The number of carboxylic acids is 3. The molecule has 0 aliphatic heterocycles. The lowest BCUT2D eigenvalue weighted by Gasteiger charge is -2.29. The number of ether oxygens (including phenoxy) is 1. The molecule has 0 fully saturated rings. The Hall–Kier alpha value is -3.73. The highest BCUT2D eigenvalue weighted by atomic mass is 16.5. The van der Waals surface area contributed by atoms with Crippen molar-refractivity contribution in [2.45, 2.75) is 135 Å². The molecule has 270 valence electrons. The van der Waals surface area contributed by atoms with Crippen LogP contribution in [0.3, 0.4) is 0 Å². The predicted octanol–water partition coefficient (Wildman–Crippen LogP) is 6.35. The molecule has 0 aliphatic rings. The molecule has 1 aromatic rings. The zero-order chi connectivity index (χ0) is 36.0. The van der Waals surface area contributed by atoms with Crippen LogP contribution in [-0.4, -0.2) is 68.3 Å². The number of hydrogen-bond donors (Lipinski definition) is 5. The van der Waals surface area contributed by atoms with E-state index in [2.05, 4.69) is 26.1 Å². The first-order chi connectivity index (χ1) is 22.8. The third kappa shape index (κ3) is 17.4. The maximum absolute atomic E-state index is 13.3. The number of carboxylic acid groups (broad SMARTS) is 3. The minimum atomic E-state index is -3.01. The van der Waals surface area contributed by atoms with Crippen LogP contribution >= 0.6 is 0 Å². The van der Waals surface area contributed by atoms with Gasteiger partial charge in [-0.25, -0.2) is 9.59 Å². The van der Waals surface area contributed by atoms with Gasteiger partial charge in [-0.15, -0.1) is 0 Å². The van der Waals surface area contributed by atoms with Gasteiger partial charge >= 0.3 is 17.9 Å². The van der Waals surface area contributed by atoms with E-state index in [1.165, 1.54) is 31.8 Å². The van der Waals surface area contributed by atoms with Gasteiger partial charge in [0.2, 0.25) is 5.91 Å². The number of Topliss-reactive ketones (excluding diaryl/α,β-unsaturated/α-hetero) is 1. The molecule has 1 rings (SSSR count). The Morgan fingerprint density at radius 2 is 1.44 bits per heavy atom. The van der Waals surface area contributed by atoms with Crippen molar-refractivity contribution in [3.8, 4) is 5.75 Å². The van der Waals surface area contributed by atoms with Gasteiger partial charge in [0.25, 0.3) is 0 Å². The van der Waals surface area contributed by atoms with Crippen molar-refractivity contribution in [3.63, 3.8) is 0 Å². The quantitative estimate of drug-likeness (QED) is 0.0495. The maximum Gasteiger partial charge on any atom is 0.337 e. The van der Waals surface area contributed by atoms with Crippen LogP contribution in [0.25, 0.3) is 0 Å². The summed E-state index contributed by atoms with van der Waals surface area (Å²) < 4.78 is 5.68. The molecular weight excluding hydrogens is 618 g/mol. The van der Waals surface area contributed by atoms with E-state index >= 15 is 0 Å². The van der Waals surface area contributed by atoms with E-state index in [0.29, 0.717) is 49.5 Å². The number of allylic oxidation sites excluding steroid dienone is 1. The van der Waals surface area contributed by atoms with E-state index in [1.54, 1.807) is 24.3 Å². The van der Waals surface area contributed by atoms with E-state index in [9.17, 15) is 44.4 Å². The van der Waals surface area contributed by atoms with E-state index < -0.39 is 47.8 Å². The van der Waals surface area contributed by atoms with Crippen molar-refractivity contribution < 1.29 is 49.1 Å². The van der Waals surface area contributed by atoms with Crippen LogP contribution < -0.4 is 10.1 Å². The molecule has 0 spiro atoms. The van der Waals surface area contributed by atoms with Gasteiger partial charge in [0.05, 0.1) is 18.9 Å². The van der Waals surface area contributed by atoms with Gasteiger partial charge in [-0.3, -0.25) is 14.4 Å². The van der Waals surface area contributed by atoms with Crippen molar-refractivity contribution in [2.75, 3.05) is 6.61 Å². The Labute approximate surface area is 285 Å². The molecular formula is C37H57NO10. The van der Waals surface area contributed by atoms with Crippen molar-refractivity contribution in [1.29, 1.82) is 0 Å². The van der Waals surface area contributed by atoms with E-state index in [1.807, 2.05) is 0 Å². The topological polar surface area (TPSA) is 188 Å². The van der Waals surface area contributed by atoms with Crippen molar-refractivity contribution in [3.05, 3.63) is 42.0 Å². The van der Waals surface area contributed by atoms with Gasteiger partial charge in [-0.05, 0) is 55.7 Å². The molecule has 3 atom stereocenters. The van der Waals surface area contributed by atoms with Crippen LogP contribution in [0.2, 0.25) is 0 Å². The molecule has 0 aliphatic carbocycles. The van der Waals surface area contributed by atoms with Crippen molar-refractivity contribution >= 4 is 29.6 Å². The molecule has 1 aromatic carbocycles. The first-order valence-corrected chi connectivity index (χ1v) is 17.4. The lowest BCUT2D eigenvalue weighted by molar-refractivity contribution is -0.172. The molecule has 0 bridgehead atoms. The largest absolute Gasteiger partial charge is 0.494 e. The summed E-state index contributed by atoms with van der Waals surface area (Å²) >= 11 is 0. The average Bonchev–Trinajstić information content (AvgIpc) is 3.01. The zero-order valence-electron chi connectivity index (χ0n) is 29.0. The molecule has 0 unspecified atom stereocenters. The number of carbonyl (C=O) groups excluding carboxylic acids is 2. The number of benzene rings is 1. The number of carbonyl (C=O) groups is 5. The third-order valence-corrected chi connectivity index (χ3v) is 8.24. The highest BCUT2D eigenvalue weighted by Crippen LogP contribution is 2.26. The molecule has 0 aromatic heterocycles. The fraction of sp³-hybridized carbons (Fsp3) is 0.649. The normalized spacial score (nSPS) is 13.9. The highest BCUT2D eigenvalue weighted by molar-refractivity contribution is 5.94. The molecule has 0 saturated heterocycles. The Bertz CT molecular complexity index is 1160. The maximum atomic E-state index is 13.3. The molecule has 5 N–H and O–H groups in total. The van der Waals surface area contributed by atoms with Gasteiger partial charge in [-0.1, -0.05) is 90.0 Å². The van der Waals surface area contributed by atoms with E-state index in [4.69, 9.17) is 4.74 Å². The summed E-state index contributed by atoms with van der Waals surface area (Å²) in [4.78, 5) is 61.0. The molecule has 0 radical (unpaired) electrons. The number of nitrogens with one attached hydrogen (secondary N) is 1. The lowest BCUT2D eigenvalue weighted by atomic mass is 9.82. The van der Waals surface area contributed by atoms with Gasteiger partial charge in [0, 0.05) is 19.3 Å². The summed E-state index contributed by atoms with van der Waals surface area (Å²) in [6.07, 6.45) is 13.5. The standard InChI is InChI=1S/C37H57NO10/c1-4-5-6-7-10-13-16-29(39)17-14-11-8-9-12-15-18-31(37(47,36(45)46)26-33(40)41)34(42)38-32(35(43)44)25-28-19-21-30(22-20-28)48-24-23-27(2)3/h15,18-22,27,31-32,47H,4-14,16-17,23-26H2,1-3H3,(H,38,42)(H,40,41)(H,43,44)(H,45,46)/t31-,32+,37+/m1/s1. The number of ketones is 1. The molecule has 0 heterocycles. The second-order valence-corrected chi connectivity index (χ2v) is 13.0. The number of rotatable bonds is 28. The van der Waals surface area contributed by atoms with Crippen LogP contribution in [0, 0.1) is 11.8 Å². The average molecular weight is 676 g/mol. The summed E-state index contributed by atoms with van der Waals surface area (Å²) in [5.74, 6) is -6.57. The molecule has 48 heavy (non-hydrogen) atoms. The van der Waals surface area contributed by atoms with Crippen molar-refractivity contribution in [1.82, 2.24) is 5.32 Å². The first kappa shape index (κ1) is 42.3. The van der Waals surface area contributed by atoms with Gasteiger partial charge in [0.1, 0.15) is 17.6 Å². The SMILES string of the molecule is CCCCCCCCC(=O)CCCCCCC=C[C@H](C(=O)N[C@@H](Cc1ccc(OCCC(C)C)cc1)C(=O)O)[C@@](O)(CC(=O)O)C(=O)O. The second kappa shape index (κ2) is 23.6. The summed E-state index contributed by atoms with van der Waals surface area (Å²) in [7, 11) is 0. The third-order valence-electron chi connectivity index (χ3n) is 8.24. The van der Waals surface area contributed by atoms with Gasteiger partial charge < -0.3 is 30.5 Å². The Morgan fingerprint density at radius 1 is 0.854 bits per heavy atom. The van der Waals surface area contributed by atoms with Gasteiger partial charge in [0.15, 0.2) is 5.60 Å². The Morgan fingerprint density at radius 3 is 1.98 bits per heavy atom. The highest BCUT2D eigenvalue weighted by Gasteiger charge is 2.49. The fourth-order valence-corrected chi connectivity index (χ4v) is 5.24. The number of unbranched alkanes of at least 4 members (excludes halogenated alkanes) is 9. The minimum Gasteiger partial charge on any atom is -0.494 e. The number of aliphatic carboxylic acids is 3. The minimum absolute atomic E-state index is 0.143. The summed E-state index contributed by atoms with van der Waals surface area (Å²) in [5, 5.41) is 42.1. The second-order valence-electron chi connectivity index (χ2n) is 13.0. The molecule has 1 amide bonds. The zero-order valence-corrected chi connectivity index (χ0v) is 29.0. The van der Waals surface area contributed by atoms with Crippen LogP contribution in [0.1, 0.15) is 123 Å². The summed E-state index contributed by atoms with van der Waals surface area (Å²) in [6, 6.07) is 5.22. The number of aliphatic hydroxyl groups is 1. The monoisotopic (exact) mass is 675 g/mol. The summed E-state index contributed by atoms with van der Waals surface area (Å²) in [6.45, 7) is 6.86. The van der Waals surface area contributed by atoms with Crippen LogP contribution in [0.15, 0.2) is 36.4 Å². The predicted molar refractivity (Wildman–Crippen MR) is 183 cm³/mol. The molecule has 11 heteroatoms. The van der Waals surface area contributed by atoms with E-state index in [-0.39, 0.29) is 12.2 Å². The Kier molecular flexibility index (Phi) is 20.8. The Balaban J connectivity index is 2.78. The van der Waals surface area contributed by atoms with Crippen LogP contribution in [0.4, 0.5) is 0 Å². The van der Waals surface area contributed by atoms with Gasteiger partial charge in [-0.2, -0.15) is 0 Å². The van der Waals surface area contributed by atoms with Crippen LogP contribution in [0.5, 0.6) is 5.75 Å². The number of amides is 1. The fourth-order valence-electron chi connectivity index (χ4n) is 5.24. The number of hydrogen-bond acceptors (Lipinski definition) is 7. The van der Waals surface area contributed by atoms with Crippen LogP contribution in [-0.2, 0) is 30.4 Å². The first-order valence-electron chi connectivity index (χ1n) is 17.4. The van der Waals surface area contributed by atoms with E-state index in [0.717, 1.165) is 44.6 Å². The smallest absolute Gasteiger partial charge is 0.337 e. The summed E-state index contributed by atoms with van der Waals surface area (Å²) in [5.41, 5.74) is -2.45.